The predicted octanol–water partition coefficient (Wildman–Crippen LogP) is 4.28. The van der Waals surface area contributed by atoms with Gasteiger partial charge in [0.2, 0.25) is 0 Å². The molecule has 0 N–H and O–H groups in total. The van der Waals surface area contributed by atoms with E-state index in [1.165, 1.54) is 19.3 Å². The number of esters is 2. The third-order valence-electron chi connectivity index (χ3n) is 3.17. The summed E-state index contributed by atoms with van der Waals surface area (Å²) in [4.78, 5) is 23.5. The van der Waals surface area contributed by atoms with E-state index >= 15 is 0 Å². The van der Waals surface area contributed by atoms with Crippen molar-refractivity contribution in [2.75, 3.05) is 13.7 Å². The highest BCUT2D eigenvalue weighted by Gasteiger charge is 2.11. The Balaban J connectivity index is 2.03. The molecule has 0 radical (unpaired) electrons. The highest BCUT2D eigenvalue weighted by Crippen LogP contribution is 2.28. The minimum absolute atomic E-state index is 0.163. The second-order valence-electron chi connectivity index (χ2n) is 5.07. The lowest BCUT2D eigenvalue weighted by molar-refractivity contribution is -0.137. The molecule has 8 heteroatoms. The lowest BCUT2D eigenvalue weighted by atomic mass is 10.1. The van der Waals surface area contributed by atoms with Gasteiger partial charge in [0, 0.05) is 4.47 Å². The SMILES string of the molecule is COC(=O)/C(C#N)=C/c1cccc(OC(=O)COc2ccc(Br)cc2Br)c1. The molecule has 0 unspecified atom stereocenters. The lowest BCUT2D eigenvalue weighted by Crippen LogP contribution is -2.17. The van der Waals surface area contributed by atoms with E-state index < -0.39 is 11.9 Å². The molecule has 2 aromatic rings. The van der Waals surface area contributed by atoms with E-state index in [2.05, 4.69) is 36.6 Å². The molecule has 0 fully saturated rings. The fraction of sp³-hybridized carbons (Fsp3) is 0.105. The Labute approximate surface area is 172 Å². The van der Waals surface area contributed by atoms with Crippen molar-refractivity contribution in [1.82, 2.24) is 0 Å². The second-order valence-corrected chi connectivity index (χ2v) is 6.84. The number of carbonyl (C=O) groups excluding carboxylic acids is 2. The molecule has 0 atom stereocenters. The summed E-state index contributed by atoms with van der Waals surface area (Å²) in [6.07, 6.45) is 1.35. The molecule has 0 heterocycles. The van der Waals surface area contributed by atoms with Crippen molar-refractivity contribution in [3.63, 3.8) is 0 Å². The molecule has 0 amide bonds. The molecular weight excluding hydrogens is 482 g/mol. The van der Waals surface area contributed by atoms with E-state index in [1.807, 2.05) is 0 Å². The standard InChI is InChI=1S/C19H13Br2NO5/c1-25-19(24)13(10-22)7-12-3-2-4-15(8-12)27-18(23)11-26-17-6-5-14(20)9-16(17)21/h2-9H,11H2,1H3/b13-7+. The molecular formula is C19H13Br2NO5. The summed E-state index contributed by atoms with van der Waals surface area (Å²) in [5, 5.41) is 8.99. The molecule has 0 saturated carbocycles. The zero-order valence-corrected chi connectivity index (χ0v) is 17.2. The number of nitrogens with zero attached hydrogens (tertiary/aromatic N) is 1. The van der Waals surface area contributed by atoms with Crippen molar-refractivity contribution in [2.24, 2.45) is 0 Å². The fourth-order valence-corrected chi connectivity index (χ4v) is 3.13. The van der Waals surface area contributed by atoms with Crippen LogP contribution in [0, 0.1) is 11.3 Å². The molecule has 2 rings (SSSR count). The molecule has 2 aromatic carbocycles. The maximum atomic E-state index is 12.0. The zero-order chi connectivity index (χ0) is 19.8. The first-order valence-electron chi connectivity index (χ1n) is 7.51. The first-order valence-corrected chi connectivity index (χ1v) is 9.10. The summed E-state index contributed by atoms with van der Waals surface area (Å²) in [6.45, 7) is -0.286. The van der Waals surface area contributed by atoms with E-state index in [9.17, 15) is 9.59 Å². The maximum absolute atomic E-state index is 12.0. The molecule has 0 aliphatic heterocycles. The van der Waals surface area contributed by atoms with Crippen molar-refractivity contribution < 1.29 is 23.8 Å². The first kappa shape index (κ1) is 20.7. The summed E-state index contributed by atoms with van der Waals surface area (Å²) in [6, 6.07) is 13.4. The minimum atomic E-state index is -0.742. The maximum Gasteiger partial charge on any atom is 0.349 e. The third kappa shape index (κ3) is 6.24. The van der Waals surface area contributed by atoms with E-state index in [4.69, 9.17) is 14.7 Å². The number of ether oxygens (including phenoxy) is 3. The Morgan fingerprint density at radius 2 is 1.96 bits per heavy atom. The van der Waals surface area contributed by atoms with Crippen molar-refractivity contribution >= 4 is 49.9 Å². The number of benzene rings is 2. The number of hydrogen-bond donors (Lipinski definition) is 0. The van der Waals surface area contributed by atoms with Crippen LogP contribution in [0.2, 0.25) is 0 Å². The quantitative estimate of drug-likeness (QED) is 0.258. The number of halogens is 2. The topological polar surface area (TPSA) is 85.6 Å². The lowest BCUT2D eigenvalue weighted by Gasteiger charge is -2.09. The van der Waals surface area contributed by atoms with Gasteiger partial charge >= 0.3 is 11.9 Å². The molecule has 0 saturated heterocycles. The van der Waals surface area contributed by atoms with Crippen LogP contribution in [0.25, 0.3) is 6.08 Å². The largest absolute Gasteiger partial charge is 0.481 e. The fourth-order valence-electron chi connectivity index (χ4n) is 1.97. The van der Waals surface area contributed by atoms with Gasteiger partial charge in [0.15, 0.2) is 6.61 Å². The minimum Gasteiger partial charge on any atom is -0.481 e. The van der Waals surface area contributed by atoms with Crippen LogP contribution in [0.4, 0.5) is 0 Å². The van der Waals surface area contributed by atoms with Crippen molar-refractivity contribution in [1.29, 1.82) is 5.26 Å². The van der Waals surface area contributed by atoms with Gasteiger partial charge in [0.25, 0.3) is 0 Å². The third-order valence-corrected chi connectivity index (χ3v) is 4.28. The predicted molar refractivity (Wildman–Crippen MR) is 105 cm³/mol. The molecule has 0 spiro atoms. The van der Waals surface area contributed by atoms with E-state index in [0.717, 1.165) is 4.47 Å². The van der Waals surface area contributed by atoms with Crippen LogP contribution in [-0.4, -0.2) is 25.7 Å². The van der Waals surface area contributed by atoms with Crippen LogP contribution >= 0.6 is 31.9 Å². The van der Waals surface area contributed by atoms with Crippen LogP contribution in [0.5, 0.6) is 11.5 Å². The highest BCUT2D eigenvalue weighted by atomic mass is 79.9. The van der Waals surface area contributed by atoms with E-state index in [0.29, 0.717) is 15.8 Å². The number of hydrogen-bond acceptors (Lipinski definition) is 6. The number of methoxy groups -OCH3 is 1. The molecule has 0 aromatic heterocycles. The van der Waals surface area contributed by atoms with Gasteiger partial charge in [-0.05, 0) is 57.9 Å². The molecule has 138 valence electrons. The summed E-state index contributed by atoms with van der Waals surface area (Å²) in [7, 11) is 1.19. The van der Waals surface area contributed by atoms with Gasteiger partial charge < -0.3 is 14.2 Å². The molecule has 27 heavy (non-hydrogen) atoms. The van der Waals surface area contributed by atoms with Gasteiger partial charge in [-0.15, -0.1) is 0 Å². The average Bonchev–Trinajstić information content (AvgIpc) is 2.65. The van der Waals surface area contributed by atoms with Gasteiger partial charge in [0.05, 0.1) is 11.6 Å². The second kappa shape index (κ2) is 9.90. The molecule has 0 aliphatic carbocycles. The Morgan fingerprint density at radius 3 is 2.63 bits per heavy atom. The van der Waals surface area contributed by atoms with Gasteiger partial charge in [-0.3, -0.25) is 0 Å². The number of rotatable bonds is 6. The Morgan fingerprint density at radius 1 is 1.19 bits per heavy atom. The average molecular weight is 495 g/mol. The Hall–Kier alpha value is -2.63. The molecule has 0 aliphatic rings. The monoisotopic (exact) mass is 493 g/mol. The van der Waals surface area contributed by atoms with Crippen LogP contribution in [0.15, 0.2) is 57.0 Å². The van der Waals surface area contributed by atoms with Crippen LogP contribution < -0.4 is 9.47 Å². The van der Waals surface area contributed by atoms with Gasteiger partial charge in [-0.2, -0.15) is 5.26 Å². The van der Waals surface area contributed by atoms with Gasteiger partial charge in [0.1, 0.15) is 23.1 Å². The van der Waals surface area contributed by atoms with Crippen molar-refractivity contribution in [2.45, 2.75) is 0 Å². The van der Waals surface area contributed by atoms with Crippen molar-refractivity contribution in [3.05, 3.63) is 62.5 Å². The summed E-state index contributed by atoms with van der Waals surface area (Å²) in [5.41, 5.74) is 0.350. The Kier molecular flexibility index (Phi) is 7.58. The summed E-state index contributed by atoms with van der Waals surface area (Å²) >= 11 is 6.68. The highest BCUT2D eigenvalue weighted by molar-refractivity contribution is 9.11. The van der Waals surface area contributed by atoms with E-state index in [-0.39, 0.29) is 17.9 Å². The van der Waals surface area contributed by atoms with Gasteiger partial charge in [-0.1, -0.05) is 28.1 Å². The van der Waals surface area contributed by atoms with Crippen molar-refractivity contribution in [3.8, 4) is 17.6 Å². The summed E-state index contributed by atoms with van der Waals surface area (Å²) < 4.78 is 16.7. The molecule has 0 bridgehead atoms. The van der Waals surface area contributed by atoms with Crippen LogP contribution in [0.1, 0.15) is 5.56 Å². The number of nitriles is 1. The van der Waals surface area contributed by atoms with Crippen LogP contribution in [0.3, 0.4) is 0 Å². The number of carbonyl (C=O) groups is 2. The normalized spacial score (nSPS) is 10.7. The van der Waals surface area contributed by atoms with Gasteiger partial charge in [-0.25, -0.2) is 9.59 Å². The Bertz CT molecular complexity index is 934. The van der Waals surface area contributed by atoms with Crippen LogP contribution in [-0.2, 0) is 14.3 Å². The summed E-state index contributed by atoms with van der Waals surface area (Å²) in [5.74, 6) is -0.578. The van der Waals surface area contributed by atoms with E-state index in [1.54, 1.807) is 42.5 Å². The molecule has 6 nitrogen and oxygen atoms in total. The smallest absolute Gasteiger partial charge is 0.349 e. The zero-order valence-electron chi connectivity index (χ0n) is 14.1. The first-order chi connectivity index (χ1) is 12.9.